The van der Waals surface area contributed by atoms with Crippen LogP contribution in [-0.2, 0) is 4.74 Å². The third-order valence-corrected chi connectivity index (χ3v) is 4.46. The highest BCUT2D eigenvalue weighted by molar-refractivity contribution is 5.29. The van der Waals surface area contributed by atoms with Crippen LogP contribution in [0.25, 0.3) is 0 Å². The van der Waals surface area contributed by atoms with E-state index in [1.807, 2.05) is 45.3 Å². The van der Waals surface area contributed by atoms with Gasteiger partial charge >= 0.3 is 0 Å². The highest BCUT2D eigenvalue weighted by Gasteiger charge is 2.07. The molecule has 0 saturated carbocycles. The molecule has 6 heteroatoms. The van der Waals surface area contributed by atoms with Gasteiger partial charge in [0.05, 0.1) is 6.61 Å². The van der Waals surface area contributed by atoms with Crippen molar-refractivity contribution in [3.05, 3.63) is 53.9 Å². The van der Waals surface area contributed by atoms with Crippen LogP contribution in [0.15, 0.2) is 48.4 Å². The minimum absolute atomic E-state index is 0.0394. The molecule has 0 radical (unpaired) electrons. The van der Waals surface area contributed by atoms with Crippen LogP contribution < -0.4 is 20.7 Å². The summed E-state index contributed by atoms with van der Waals surface area (Å²) in [6.07, 6.45) is 6.45. The maximum atomic E-state index is 9.97. The molecule has 4 N–H and O–H groups in total. The van der Waals surface area contributed by atoms with Gasteiger partial charge in [-0.1, -0.05) is 38.1 Å². The molecule has 0 heterocycles. The van der Waals surface area contributed by atoms with Gasteiger partial charge in [-0.05, 0) is 57.1 Å². The summed E-state index contributed by atoms with van der Waals surface area (Å²) >= 11 is 0. The topological polar surface area (TPSA) is 74.8 Å². The van der Waals surface area contributed by atoms with Crippen molar-refractivity contribution in [3.8, 4) is 5.75 Å². The summed E-state index contributed by atoms with van der Waals surface area (Å²) in [5, 5.41) is 19.0. The molecular weight excluding hydrogens is 354 g/mol. The summed E-state index contributed by atoms with van der Waals surface area (Å²) in [5.74, 6) is 1.46. The van der Waals surface area contributed by atoms with Gasteiger partial charge in [-0.25, -0.2) is 0 Å². The van der Waals surface area contributed by atoms with Crippen LogP contribution in [0.3, 0.4) is 0 Å². The maximum Gasteiger partial charge on any atom is 0.197 e. The summed E-state index contributed by atoms with van der Waals surface area (Å²) in [4.78, 5) is 0. The van der Waals surface area contributed by atoms with Crippen LogP contribution in [0, 0.1) is 0 Å². The van der Waals surface area contributed by atoms with Crippen molar-refractivity contribution >= 4 is 0 Å². The van der Waals surface area contributed by atoms with Gasteiger partial charge in [0, 0.05) is 19.1 Å². The van der Waals surface area contributed by atoms with Crippen LogP contribution in [-0.4, -0.2) is 51.2 Å². The van der Waals surface area contributed by atoms with Crippen molar-refractivity contribution in [2.75, 3.05) is 33.8 Å². The molecule has 0 fully saturated rings. The Hall–Kier alpha value is -2.02. The van der Waals surface area contributed by atoms with Crippen LogP contribution in [0.5, 0.6) is 5.75 Å². The Bertz CT molecular complexity index is 587. The fourth-order valence-electron chi connectivity index (χ4n) is 2.54. The molecule has 1 aromatic rings. The molecule has 0 aliphatic heterocycles. The molecule has 0 saturated heterocycles. The number of hydrogen-bond acceptors (Lipinski definition) is 6. The predicted octanol–water partition coefficient (Wildman–Crippen LogP) is 3.29. The Kier molecular flexibility index (Phi) is 12.0. The second-order valence-electron chi connectivity index (χ2n) is 6.71. The van der Waals surface area contributed by atoms with Gasteiger partial charge in [0.15, 0.2) is 12.2 Å². The summed E-state index contributed by atoms with van der Waals surface area (Å²) < 4.78 is 11.4. The second-order valence-corrected chi connectivity index (χ2v) is 6.71. The van der Waals surface area contributed by atoms with E-state index in [2.05, 4.69) is 41.9 Å². The van der Waals surface area contributed by atoms with Crippen LogP contribution >= 0.6 is 0 Å². The zero-order valence-electron chi connectivity index (χ0n) is 17.9. The molecule has 28 heavy (non-hydrogen) atoms. The van der Waals surface area contributed by atoms with Gasteiger partial charge in [-0.3, -0.25) is 0 Å². The zero-order valence-corrected chi connectivity index (χ0v) is 17.9. The lowest BCUT2D eigenvalue weighted by Gasteiger charge is -2.17. The Balaban J connectivity index is 2.31. The standard InChI is InChI=1S/C22H37N3O3/c1-6-17(2)19-9-11-21(12-10-19)28-18(3)27-15-14-25-22(26)16-20(24-5)8-7-13-23-4/h7-12,16-18,20,23-26H,6,13-15H2,1-5H3/b8-7-,22-16+. The Morgan fingerprint density at radius 2 is 1.89 bits per heavy atom. The van der Waals surface area contributed by atoms with E-state index in [0.717, 1.165) is 18.7 Å². The number of benzene rings is 1. The van der Waals surface area contributed by atoms with E-state index in [1.54, 1.807) is 6.08 Å². The molecule has 0 aliphatic rings. The molecule has 3 atom stereocenters. The van der Waals surface area contributed by atoms with Crippen molar-refractivity contribution in [2.45, 2.75) is 45.4 Å². The molecule has 0 aliphatic carbocycles. The van der Waals surface area contributed by atoms with Gasteiger partial charge in [0.25, 0.3) is 0 Å². The molecule has 0 aromatic heterocycles. The molecule has 1 rings (SSSR count). The molecule has 0 bridgehead atoms. The highest BCUT2D eigenvalue weighted by atomic mass is 16.7. The lowest BCUT2D eigenvalue weighted by Crippen LogP contribution is -2.27. The van der Waals surface area contributed by atoms with Gasteiger partial charge in [0.2, 0.25) is 0 Å². The first-order valence-corrected chi connectivity index (χ1v) is 10.0. The van der Waals surface area contributed by atoms with Gasteiger partial charge < -0.3 is 30.5 Å². The van der Waals surface area contributed by atoms with Crippen LogP contribution in [0.1, 0.15) is 38.7 Å². The first kappa shape index (κ1) is 24.0. The molecule has 3 unspecified atom stereocenters. The minimum atomic E-state index is -0.364. The van der Waals surface area contributed by atoms with E-state index in [0.29, 0.717) is 19.1 Å². The summed E-state index contributed by atoms with van der Waals surface area (Å²) in [7, 11) is 3.73. The monoisotopic (exact) mass is 391 g/mol. The number of nitrogens with one attached hydrogen (secondary N) is 3. The fraction of sp³-hybridized carbons (Fsp3) is 0.545. The fourth-order valence-corrected chi connectivity index (χ4v) is 2.54. The van der Waals surface area contributed by atoms with Gasteiger partial charge in [-0.15, -0.1) is 0 Å². The highest BCUT2D eigenvalue weighted by Crippen LogP contribution is 2.22. The molecule has 1 aromatic carbocycles. The third kappa shape index (κ3) is 9.78. The van der Waals surface area contributed by atoms with Crippen molar-refractivity contribution in [3.63, 3.8) is 0 Å². The molecule has 0 spiro atoms. The average Bonchev–Trinajstić information content (AvgIpc) is 2.70. The predicted molar refractivity (Wildman–Crippen MR) is 116 cm³/mol. The number of rotatable bonds is 14. The average molecular weight is 392 g/mol. The van der Waals surface area contributed by atoms with Crippen LogP contribution in [0.4, 0.5) is 0 Å². The Labute approximate surface area is 170 Å². The smallest absolute Gasteiger partial charge is 0.197 e. The summed E-state index contributed by atoms with van der Waals surface area (Å²) in [6.45, 7) is 7.96. The van der Waals surface area contributed by atoms with Crippen molar-refractivity contribution < 1.29 is 14.6 Å². The molecule has 0 amide bonds. The van der Waals surface area contributed by atoms with E-state index >= 15 is 0 Å². The number of ether oxygens (including phenoxy) is 2. The number of aliphatic hydroxyl groups is 1. The van der Waals surface area contributed by atoms with Crippen molar-refractivity contribution in [2.24, 2.45) is 0 Å². The minimum Gasteiger partial charge on any atom is -0.495 e. The first-order chi connectivity index (χ1) is 13.5. The summed E-state index contributed by atoms with van der Waals surface area (Å²) in [5.41, 5.74) is 1.32. The normalized spacial score (nSPS) is 15.4. The third-order valence-electron chi connectivity index (χ3n) is 4.46. The maximum absolute atomic E-state index is 9.97. The van der Waals surface area contributed by atoms with E-state index in [-0.39, 0.29) is 18.2 Å². The number of likely N-dealkylation sites (N-methyl/N-ethyl adjacent to an activating group) is 2. The molecule has 6 nitrogen and oxygen atoms in total. The van der Waals surface area contributed by atoms with E-state index in [4.69, 9.17) is 9.47 Å². The molecule has 158 valence electrons. The second kappa shape index (κ2) is 14.0. The van der Waals surface area contributed by atoms with Crippen molar-refractivity contribution in [1.82, 2.24) is 16.0 Å². The quantitative estimate of drug-likeness (QED) is 0.169. The largest absolute Gasteiger partial charge is 0.495 e. The first-order valence-electron chi connectivity index (χ1n) is 10.0. The van der Waals surface area contributed by atoms with Crippen LogP contribution in [0.2, 0.25) is 0 Å². The van der Waals surface area contributed by atoms with E-state index < -0.39 is 0 Å². The number of hydrogen-bond donors (Lipinski definition) is 4. The van der Waals surface area contributed by atoms with E-state index in [1.165, 1.54) is 5.56 Å². The Morgan fingerprint density at radius 1 is 1.18 bits per heavy atom. The zero-order chi connectivity index (χ0) is 20.8. The lowest BCUT2D eigenvalue weighted by molar-refractivity contribution is -0.0650. The van der Waals surface area contributed by atoms with Gasteiger partial charge in [0.1, 0.15) is 5.75 Å². The van der Waals surface area contributed by atoms with E-state index in [9.17, 15) is 5.11 Å². The SMILES string of the molecule is CCC(C)c1ccc(OC(C)OCCN/C(O)=C\C(/C=C\CNC)NC)cc1. The van der Waals surface area contributed by atoms with Gasteiger partial charge in [-0.2, -0.15) is 0 Å². The van der Waals surface area contributed by atoms with Crippen molar-refractivity contribution in [1.29, 1.82) is 0 Å². The lowest BCUT2D eigenvalue weighted by atomic mass is 9.99. The molecular formula is C22H37N3O3. The number of aliphatic hydroxyl groups excluding tert-OH is 1. The Morgan fingerprint density at radius 3 is 2.50 bits per heavy atom. The summed E-state index contributed by atoms with van der Waals surface area (Å²) in [6, 6.07) is 8.12.